The Balaban J connectivity index is 1.95. The van der Waals surface area contributed by atoms with Crippen molar-refractivity contribution in [3.8, 4) is 5.95 Å². The highest BCUT2D eigenvalue weighted by Gasteiger charge is 2.09. The molecule has 0 saturated heterocycles. The third kappa shape index (κ3) is 2.87. The number of halogens is 2. The molecule has 0 unspecified atom stereocenters. The number of nitrogen functional groups attached to an aromatic ring is 1. The summed E-state index contributed by atoms with van der Waals surface area (Å²) in [5.74, 6) is -0.0949. The van der Waals surface area contributed by atoms with E-state index in [0.29, 0.717) is 5.69 Å². The molecular formula is C11H8ClFN8. The van der Waals surface area contributed by atoms with E-state index in [1.807, 2.05) is 0 Å². The molecule has 0 fully saturated rings. The lowest BCUT2D eigenvalue weighted by molar-refractivity contribution is 0.628. The highest BCUT2D eigenvalue weighted by Crippen LogP contribution is 2.24. The summed E-state index contributed by atoms with van der Waals surface area (Å²) in [6.45, 7) is 0. The molecule has 1 aromatic carbocycles. The first-order chi connectivity index (χ1) is 10.1. The molecule has 3 N–H and O–H groups in total. The number of nitrogens with zero attached hydrogens (tertiary/aromatic N) is 6. The fourth-order valence-corrected chi connectivity index (χ4v) is 1.78. The predicted molar refractivity (Wildman–Crippen MR) is 73.8 cm³/mol. The summed E-state index contributed by atoms with van der Waals surface area (Å²) in [6, 6.07) is 3.90. The van der Waals surface area contributed by atoms with E-state index in [1.165, 1.54) is 35.5 Å². The van der Waals surface area contributed by atoms with Crippen molar-refractivity contribution in [3.05, 3.63) is 41.7 Å². The second-order valence-electron chi connectivity index (χ2n) is 3.91. The van der Waals surface area contributed by atoms with Gasteiger partial charge in [0.15, 0.2) is 0 Å². The zero-order valence-corrected chi connectivity index (χ0v) is 11.2. The third-order valence-corrected chi connectivity index (χ3v) is 2.75. The lowest BCUT2D eigenvalue weighted by Gasteiger charge is -2.08. The van der Waals surface area contributed by atoms with Gasteiger partial charge in [-0.05, 0) is 18.2 Å². The molecule has 0 aliphatic heterocycles. The number of hydrogen-bond acceptors (Lipinski definition) is 7. The summed E-state index contributed by atoms with van der Waals surface area (Å²) in [4.78, 5) is 15.8. The molecule has 0 aliphatic carbocycles. The van der Waals surface area contributed by atoms with Crippen LogP contribution in [0.3, 0.4) is 0 Å². The molecule has 8 nitrogen and oxygen atoms in total. The van der Waals surface area contributed by atoms with Crippen LogP contribution in [0.4, 0.5) is 22.0 Å². The first-order valence-corrected chi connectivity index (χ1v) is 6.08. The summed E-state index contributed by atoms with van der Waals surface area (Å²) in [7, 11) is 0. The monoisotopic (exact) mass is 306 g/mol. The van der Waals surface area contributed by atoms with Gasteiger partial charge in [-0.25, -0.2) is 9.37 Å². The quantitative estimate of drug-likeness (QED) is 0.756. The van der Waals surface area contributed by atoms with Gasteiger partial charge >= 0.3 is 0 Å². The van der Waals surface area contributed by atoms with Crippen LogP contribution < -0.4 is 11.1 Å². The van der Waals surface area contributed by atoms with Gasteiger partial charge < -0.3 is 11.1 Å². The fourth-order valence-electron chi connectivity index (χ4n) is 1.56. The standard InChI is InChI=1S/C11H8ClFN8/c12-7-3-6(13)1-2-8(7)17-10-18-9(14)19-11(20-10)21-5-15-4-16-21/h1-5H,(H3,14,17,18,19,20). The zero-order valence-electron chi connectivity index (χ0n) is 10.4. The Morgan fingerprint density at radius 2 is 2.10 bits per heavy atom. The van der Waals surface area contributed by atoms with Crippen LogP contribution in [0.5, 0.6) is 0 Å². The molecule has 3 rings (SSSR count). The van der Waals surface area contributed by atoms with Gasteiger partial charge in [-0.3, -0.25) is 0 Å². The van der Waals surface area contributed by atoms with Gasteiger partial charge in [-0.15, -0.1) is 0 Å². The fraction of sp³-hybridized carbons (Fsp3) is 0. The predicted octanol–water partition coefficient (Wildman–Crippen LogP) is 1.57. The average Bonchev–Trinajstić information content (AvgIpc) is 2.95. The smallest absolute Gasteiger partial charge is 0.258 e. The minimum absolute atomic E-state index is 0.00349. The van der Waals surface area contributed by atoms with Gasteiger partial charge in [0, 0.05) is 0 Å². The van der Waals surface area contributed by atoms with Crippen LogP contribution in [0.2, 0.25) is 5.02 Å². The molecule has 3 aromatic rings. The van der Waals surface area contributed by atoms with Gasteiger partial charge in [0.2, 0.25) is 11.9 Å². The van der Waals surface area contributed by atoms with E-state index in [0.717, 1.165) is 0 Å². The Hall–Kier alpha value is -2.81. The Morgan fingerprint density at radius 3 is 2.81 bits per heavy atom. The summed E-state index contributed by atoms with van der Waals surface area (Å²) in [6.07, 6.45) is 2.76. The molecule has 0 aliphatic rings. The van der Waals surface area contributed by atoms with Crippen molar-refractivity contribution in [1.29, 1.82) is 0 Å². The normalized spacial score (nSPS) is 10.6. The van der Waals surface area contributed by atoms with Crippen molar-refractivity contribution < 1.29 is 4.39 Å². The van der Waals surface area contributed by atoms with E-state index in [9.17, 15) is 4.39 Å². The van der Waals surface area contributed by atoms with E-state index in [1.54, 1.807) is 0 Å². The highest BCUT2D eigenvalue weighted by molar-refractivity contribution is 6.33. The van der Waals surface area contributed by atoms with Gasteiger partial charge in [0.25, 0.3) is 5.95 Å². The molecule has 2 heterocycles. The maximum atomic E-state index is 13.0. The Morgan fingerprint density at radius 1 is 1.24 bits per heavy atom. The summed E-state index contributed by atoms with van der Waals surface area (Å²) < 4.78 is 14.3. The molecule has 21 heavy (non-hydrogen) atoms. The Bertz CT molecular complexity index is 776. The van der Waals surface area contributed by atoms with Crippen molar-refractivity contribution in [2.24, 2.45) is 0 Å². The maximum Gasteiger partial charge on any atom is 0.258 e. The summed E-state index contributed by atoms with van der Waals surface area (Å²) in [5, 5.41) is 6.93. The van der Waals surface area contributed by atoms with E-state index in [2.05, 4.69) is 30.4 Å². The maximum absolute atomic E-state index is 13.0. The minimum atomic E-state index is -0.441. The Kier molecular flexibility index (Phi) is 3.32. The van der Waals surface area contributed by atoms with Gasteiger partial charge in [-0.1, -0.05) is 11.6 Å². The Labute approximate surface area is 122 Å². The van der Waals surface area contributed by atoms with Crippen molar-refractivity contribution in [2.45, 2.75) is 0 Å². The van der Waals surface area contributed by atoms with Gasteiger partial charge in [-0.2, -0.15) is 24.7 Å². The lowest BCUT2D eigenvalue weighted by Crippen LogP contribution is -2.09. The van der Waals surface area contributed by atoms with E-state index >= 15 is 0 Å². The van der Waals surface area contributed by atoms with E-state index in [4.69, 9.17) is 17.3 Å². The van der Waals surface area contributed by atoms with Crippen LogP contribution in [-0.4, -0.2) is 29.7 Å². The minimum Gasteiger partial charge on any atom is -0.368 e. The van der Waals surface area contributed by atoms with E-state index < -0.39 is 5.82 Å². The highest BCUT2D eigenvalue weighted by atomic mass is 35.5. The number of nitrogens with one attached hydrogen (secondary N) is 1. The zero-order chi connectivity index (χ0) is 14.8. The number of nitrogens with two attached hydrogens (primary N) is 1. The van der Waals surface area contributed by atoms with Crippen LogP contribution in [0.15, 0.2) is 30.9 Å². The number of rotatable bonds is 3. The molecule has 0 saturated carbocycles. The largest absolute Gasteiger partial charge is 0.368 e. The first kappa shape index (κ1) is 13.2. The number of aromatic nitrogens is 6. The molecular weight excluding hydrogens is 299 g/mol. The van der Waals surface area contributed by atoms with Crippen LogP contribution in [0, 0.1) is 5.82 Å². The van der Waals surface area contributed by atoms with Crippen molar-refractivity contribution in [3.63, 3.8) is 0 Å². The SMILES string of the molecule is Nc1nc(Nc2ccc(F)cc2Cl)nc(-n2cncn2)n1. The van der Waals surface area contributed by atoms with Gasteiger partial charge in [0.05, 0.1) is 10.7 Å². The summed E-state index contributed by atoms with van der Waals surface area (Å²) >= 11 is 5.93. The molecule has 0 amide bonds. The number of hydrogen-bond donors (Lipinski definition) is 2. The van der Waals surface area contributed by atoms with Crippen LogP contribution >= 0.6 is 11.6 Å². The molecule has 106 valence electrons. The van der Waals surface area contributed by atoms with Crippen LogP contribution in [-0.2, 0) is 0 Å². The van der Waals surface area contributed by atoms with Crippen molar-refractivity contribution in [1.82, 2.24) is 29.7 Å². The van der Waals surface area contributed by atoms with Crippen LogP contribution in [0.1, 0.15) is 0 Å². The molecule has 0 atom stereocenters. The summed E-state index contributed by atoms with van der Waals surface area (Å²) in [5.41, 5.74) is 6.06. The van der Waals surface area contributed by atoms with Gasteiger partial charge in [0.1, 0.15) is 18.5 Å². The second-order valence-corrected chi connectivity index (χ2v) is 4.31. The molecule has 0 spiro atoms. The lowest BCUT2D eigenvalue weighted by atomic mass is 10.3. The molecule has 2 aromatic heterocycles. The average molecular weight is 307 g/mol. The molecule has 0 radical (unpaired) electrons. The van der Waals surface area contributed by atoms with E-state index in [-0.39, 0.29) is 22.9 Å². The number of anilines is 3. The second kappa shape index (κ2) is 5.29. The number of benzene rings is 1. The topological polar surface area (TPSA) is 107 Å². The third-order valence-electron chi connectivity index (χ3n) is 2.44. The van der Waals surface area contributed by atoms with Crippen LogP contribution in [0.25, 0.3) is 5.95 Å². The van der Waals surface area contributed by atoms with Crippen molar-refractivity contribution in [2.75, 3.05) is 11.1 Å². The molecule has 10 heteroatoms. The molecule has 0 bridgehead atoms. The first-order valence-electron chi connectivity index (χ1n) is 5.70. The van der Waals surface area contributed by atoms with Crippen molar-refractivity contribution >= 4 is 29.2 Å².